The maximum Gasteiger partial charge on any atom is 0.0447 e. The molecule has 89 valence electrons. The summed E-state index contributed by atoms with van der Waals surface area (Å²) < 4.78 is 0. The number of hydrogen-bond acceptors (Lipinski definition) is 2. The van der Waals surface area contributed by atoms with E-state index in [1.807, 2.05) is 12.1 Å². The smallest absolute Gasteiger partial charge is 0.0447 e. The summed E-state index contributed by atoms with van der Waals surface area (Å²) in [4.78, 5) is 2.37. The Bertz CT molecular complexity index is 271. The van der Waals surface area contributed by atoms with E-state index in [9.17, 15) is 0 Å². The second-order valence-electron chi connectivity index (χ2n) is 3.95. The summed E-state index contributed by atoms with van der Waals surface area (Å²) in [5.41, 5.74) is 1.20. The fraction of sp³-hybridized carbons (Fsp3) is 0.571. The van der Waals surface area contributed by atoms with Crippen molar-refractivity contribution >= 4 is 5.69 Å². The van der Waals surface area contributed by atoms with Crippen LogP contribution in [0.2, 0.25) is 0 Å². The second-order valence-corrected chi connectivity index (χ2v) is 3.95. The van der Waals surface area contributed by atoms with Crippen molar-refractivity contribution in [3.05, 3.63) is 30.3 Å². The van der Waals surface area contributed by atoms with Gasteiger partial charge in [0.1, 0.15) is 0 Å². The van der Waals surface area contributed by atoms with E-state index in [0.29, 0.717) is 6.04 Å². The van der Waals surface area contributed by atoms with Gasteiger partial charge in [-0.25, -0.2) is 0 Å². The molecule has 0 fully saturated rings. The Labute approximate surface area is 99.7 Å². The van der Waals surface area contributed by atoms with Crippen LogP contribution in [0.4, 0.5) is 5.69 Å². The van der Waals surface area contributed by atoms with Gasteiger partial charge < -0.3 is 10.2 Å². The molecule has 1 N–H and O–H groups in total. The molecule has 0 amide bonds. The molecule has 0 aliphatic rings. The third-order valence-corrected chi connectivity index (χ3v) is 2.84. The first kappa shape index (κ1) is 13.0. The van der Waals surface area contributed by atoms with E-state index in [-0.39, 0.29) is 0 Å². The lowest BCUT2D eigenvalue weighted by molar-refractivity contribution is 0.505. The molecule has 1 aromatic carbocycles. The van der Waals surface area contributed by atoms with Gasteiger partial charge >= 0.3 is 0 Å². The molecular weight excluding hydrogens is 196 g/mol. The summed E-state index contributed by atoms with van der Waals surface area (Å²) in [5, 5.41) is 3.51. The molecule has 2 heteroatoms. The Morgan fingerprint density at radius 2 is 2.12 bits per heavy atom. The minimum absolute atomic E-state index is 0.568. The van der Waals surface area contributed by atoms with Crippen LogP contribution in [0.1, 0.15) is 27.2 Å². The molecule has 1 aromatic rings. The minimum Gasteiger partial charge on any atom is -0.370 e. The van der Waals surface area contributed by atoms with Gasteiger partial charge in [-0.15, -0.1) is 0 Å². The van der Waals surface area contributed by atoms with Crippen LogP contribution >= 0.6 is 0 Å². The number of para-hydroxylation sites is 1. The maximum atomic E-state index is 3.51. The van der Waals surface area contributed by atoms with Crippen LogP contribution < -0.4 is 10.2 Å². The van der Waals surface area contributed by atoms with Gasteiger partial charge in [0, 0.05) is 30.9 Å². The molecule has 0 aromatic heterocycles. The van der Waals surface area contributed by atoms with E-state index in [1.54, 1.807) is 0 Å². The summed E-state index contributed by atoms with van der Waals surface area (Å²) in [6.07, 6.45) is 1.16. The largest absolute Gasteiger partial charge is 0.370 e. The first-order chi connectivity index (χ1) is 7.81. The number of nitrogens with one attached hydrogen (secondary N) is 1. The summed E-state index contributed by atoms with van der Waals surface area (Å²) >= 11 is 0. The van der Waals surface area contributed by atoms with Crippen LogP contribution in [0.5, 0.6) is 0 Å². The van der Waals surface area contributed by atoms with Crippen molar-refractivity contribution in [2.24, 2.45) is 0 Å². The zero-order valence-corrected chi connectivity index (χ0v) is 10.7. The standard InChI is InChI=1S/C14H23N2/c1-4-13(15-5-2)12-16(6-3)14-10-8-7-9-11-14/h7-10,13,15H,4-6,12H2,1-3H3. The summed E-state index contributed by atoms with van der Waals surface area (Å²) in [6.45, 7) is 9.71. The highest BCUT2D eigenvalue weighted by Crippen LogP contribution is 2.12. The van der Waals surface area contributed by atoms with E-state index in [4.69, 9.17) is 0 Å². The topological polar surface area (TPSA) is 15.3 Å². The maximum absolute atomic E-state index is 3.51. The fourth-order valence-corrected chi connectivity index (χ4v) is 1.87. The predicted molar refractivity (Wildman–Crippen MR) is 70.9 cm³/mol. The molecular formula is C14H23N2. The summed E-state index contributed by atoms with van der Waals surface area (Å²) in [6, 6.07) is 12.0. The van der Waals surface area contributed by atoms with Gasteiger partial charge in [-0.2, -0.15) is 0 Å². The summed E-state index contributed by atoms with van der Waals surface area (Å²) in [7, 11) is 0. The second kappa shape index (κ2) is 7.29. The highest BCUT2D eigenvalue weighted by Gasteiger charge is 2.10. The molecule has 0 heterocycles. The van der Waals surface area contributed by atoms with Crippen molar-refractivity contribution in [1.82, 2.24) is 5.32 Å². The lowest BCUT2D eigenvalue weighted by Gasteiger charge is -2.28. The Kier molecular flexibility index (Phi) is 5.94. The van der Waals surface area contributed by atoms with E-state index < -0.39 is 0 Å². The Balaban J connectivity index is 2.61. The third kappa shape index (κ3) is 3.86. The van der Waals surface area contributed by atoms with Crippen molar-refractivity contribution < 1.29 is 0 Å². The van der Waals surface area contributed by atoms with Crippen molar-refractivity contribution in [3.8, 4) is 0 Å². The van der Waals surface area contributed by atoms with Crippen LogP contribution in [0.25, 0.3) is 0 Å². The van der Waals surface area contributed by atoms with Crippen LogP contribution in [-0.2, 0) is 0 Å². The highest BCUT2D eigenvalue weighted by molar-refractivity contribution is 5.44. The molecule has 1 unspecified atom stereocenters. The van der Waals surface area contributed by atoms with Crippen molar-refractivity contribution in [2.45, 2.75) is 33.2 Å². The number of hydrogen-bond donors (Lipinski definition) is 1. The quantitative estimate of drug-likeness (QED) is 0.758. The first-order valence-electron chi connectivity index (χ1n) is 6.26. The molecule has 0 aliphatic carbocycles. The number of nitrogens with zero attached hydrogens (tertiary/aromatic N) is 1. The molecule has 0 spiro atoms. The third-order valence-electron chi connectivity index (χ3n) is 2.84. The molecule has 0 saturated carbocycles. The van der Waals surface area contributed by atoms with Crippen molar-refractivity contribution in [3.63, 3.8) is 0 Å². The van der Waals surface area contributed by atoms with Gasteiger partial charge in [-0.1, -0.05) is 32.0 Å². The van der Waals surface area contributed by atoms with E-state index in [1.165, 1.54) is 5.69 Å². The minimum atomic E-state index is 0.568. The molecule has 1 atom stereocenters. The van der Waals surface area contributed by atoms with Gasteiger partial charge in [0.05, 0.1) is 0 Å². The summed E-state index contributed by atoms with van der Waals surface area (Å²) in [5.74, 6) is 0. The average molecular weight is 219 g/mol. The number of rotatable bonds is 7. The Morgan fingerprint density at radius 3 is 2.62 bits per heavy atom. The van der Waals surface area contributed by atoms with Gasteiger partial charge in [-0.05, 0) is 26.0 Å². The van der Waals surface area contributed by atoms with Crippen LogP contribution in [-0.4, -0.2) is 25.7 Å². The average Bonchev–Trinajstić information content (AvgIpc) is 2.35. The first-order valence-corrected chi connectivity index (χ1v) is 6.26. The Morgan fingerprint density at radius 1 is 1.31 bits per heavy atom. The van der Waals surface area contributed by atoms with Crippen molar-refractivity contribution in [2.75, 3.05) is 24.5 Å². The monoisotopic (exact) mass is 219 g/mol. The lowest BCUT2D eigenvalue weighted by atomic mass is 10.2. The molecule has 0 bridgehead atoms. The van der Waals surface area contributed by atoms with Gasteiger partial charge in [0.2, 0.25) is 0 Å². The predicted octanol–water partition coefficient (Wildman–Crippen LogP) is 2.70. The molecule has 16 heavy (non-hydrogen) atoms. The van der Waals surface area contributed by atoms with Crippen molar-refractivity contribution in [1.29, 1.82) is 0 Å². The fourth-order valence-electron chi connectivity index (χ4n) is 1.87. The molecule has 1 radical (unpaired) electrons. The van der Waals surface area contributed by atoms with Gasteiger partial charge in [-0.3, -0.25) is 0 Å². The van der Waals surface area contributed by atoms with E-state index >= 15 is 0 Å². The Hall–Kier alpha value is -1.02. The zero-order chi connectivity index (χ0) is 11.8. The number of benzene rings is 1. The lowest BCUT2D eigenvalue weighted by Crippen LogP contribution is -2.40. The van der Waals surface area contributed by atoms with Crippen LogP contribution in [0.15, 0.2) is 24.3 Å². The van der Waals surface area contributed by atoms with E-state index in [2.05, 4.69) is 49.2 Å². The zero-order valence-electron chi connectivity index (χ0n) is 10.7. The molecule has 2 nitrogen and oxygen atoms in total. The molecule has 0 aliphatic heterocycles. The van der Waals surface area contributed by atoms with E-state index in [0.717, 1.165) is 26.1 Å². The number of anilines is 1. The molecule has 1 rings (SSSR count). The van der Waals surface area contributed by atoms with Gasteiger partial charge in [0.25, 0.3) is 0 Å². The van der Waals surface area contributed by atoms with Gasteiger partial charge in [0.15, 0.2) is 0 Å². The normalized spacial score (nSPS) is 12.4. The SMILES string of the molecule is CCNC(CC)CN(CC)c1[c]cccc1. The highest BCUT2D eigenvalue weighted by atomic mass is 15.1. The molecule has 0 saturated heterocycles. The van der Waals surface area contributed by atoms with Crippen LogP contribution in [0.3, 0.4) is 0 Å². The van der Waals surface area contributed by atoms with Crippen LogP contribution in [0, 0.1) is 6.07 Å². The number of likely N-dealkylation sites (N-methyl/N-ethyl adjacent to an activating group) is 2.